The van der Waals surface area contributed by atoms with Gasteiger partial charge in [-0.15, -0.1) is 0 Å². The monoisotopic (exact) mass is 266 g/mol. The van der Waals surface area contributed by atoms with E-state index in [2.05, 4.69) is 10.2 Å². The maximum atomic E-state index is 12.5. The quantitative estimate of drug-likeness (QED) is 0.842. The largest absolute Gasteiger partial charge is 0.378 e. The molecule has 3 aliphatic heterocycles. The topological polar surface area (TPSA) is 41.6 Å². The number of hydrogen-bond donors (Lipinski definition) is 1. The first kappa shape index (κ1) is 13.4. The third kappa shape index (κ3) is 3.11. The smallest absolute Gasteiger partial charge is 0.225 e. The highest BCUT2D eigenvalue weighted by Crippen LogP contribution is 2.30. The Balaban J connectivity index is 1.56. The number of hydrogen-bond acceptors (Lipinski definition) is 3. The number of ether oxygens (including phenoxy) is 1. The fraction of sp³-hybridized carbons (Fsp3) is 0.933. The van der Waals surface area contributed by atoms with Crippen molar-refractivity contribution in [1.29, 1.82) is 0 Å². The van der Waals surface area contributed by atoms with Crippen LogP contribution in [0.4, 0.5) is 0 Å². The Kier molecular flexibility index (Phi) is 4.38. The van der Waals surface area contributed by atoms with Crippen LogP contribution in [0.15, 0.2) is 0 Å². The fourth-order valence-corrected chi connectivity index (χ4v) is 3.94. The molecule has 19 heavy (non-hydrogen) atoms. The highest BCUT2D eigenvalue weighted by atomic mass is 16.5. The number of carbonyl (C=O) groups excluding carboxylic acids is 1. The Labute approximate surface area is 115 Å². The van der Waals surface area contributed by atoms with Crippen LogP contribution >= 0.6 is 0 Å². The first-order chi connectivity index (χ1) is 9.34. The van der Waals surface area contributed by atoms with Crippen molar-refractivity contribution in [2.24, 2.45) is 5.92 Å². The van der Waals surface area contributed by atoms with Gasteiger partial charge in [-0.1, -0.05) is 0 Å². The van der Waals surface area contributed by atoms with Gasteiger partial charge in [-0.2, -0.15) is 0 Å². The van der Waals surface area contributed by atoms with Crippen molar-refractivity contribution in [3.63, 3.8) is 0 Å². The lowest BCUT2D eigenvalue weighted by molar-refractivity contribution is -0.135. The highest BCUT2D eigenvalue weighted by molar-refractivity contribution is 5.77. The maximum Gasteiger partial charge on any atom is 0.225 e. The van der Waals surface area contributed by atoms with E-state index in [1.165, 1.54) is 25.7 Å². The Bertz CT molecular complexity index is 309. The van der Waals surface area contributed by atoms with Gasteiger partial charge < -0.3 is 15.0 Å². The summed E-state index contributed by atoms with van der Waals surface area (Å²) in [5.74, 6) is 1.06. The van der Waals surface area contributed by atoms with Gasteiger partial charge in [-0.25, -0.2) is 0 Å². The summed E-state index contributed by atoms with van der Waals surface area (Å²) in [6.07, 6.45) is 7.85. The normalized spacial score (nSPS) is 32.9. The van der Waals surface area contributed by atoms with Gasteiger partial charge >= 0.3 is 0 Å². The van der Waals surface area contributed by atoms with Crippen molar-refractivity contribution in [3.8, 4) is 0 Å². The van der Waals surface area contributed by atoms with Crippen molar-refractivity contribution >= 4 is 5.91 Å². The van der Waals surface area contributed by atoms with E-state index >= 15 is 0 Å². The van der Waals surface area contributed by atoms with E-state index < -0.39 is 0 Å². The van der Waals surface area contributed by atoms with E-state index in [0.717, 1.165) is 45.0 Å². The van der Waals surface area contributed by atoms with Crippen molar-refractivity contribution < 1.29 is 9.53 Å². The average molecular weight is 266 g/mol. The Morgan fingerprint density at radius 3 is 2.74 bits per heavy atom. The molecule has 3 heterocycles. The summed E-state index contributed by atoms with van der Waals surface area (Å²) in [4.78, 5) is 14.7. The lowest BCUT2D eigenvalue weighted by Crippen LogP contribution is -2.44. The van der Waals surface area contributed by atoms with Gasteiger partial charge in [-0.05, 0) is 57.5 Å². The van der Waals surface area contributed by atoms with Crippen LogP contribution in [0.2, 0.25) is 0 Å². The lowest BCUT2D eigenvalue weighted by Gasteiger charge is -2.34. The molecule has 0 radical (unpaired) electrons. The van der Waals surface area contributed by atoms with Crippen LogP contribution in [0.25, 0.3) is 0 Å². The zero-order chi connectivity index (χ0) is 13.1. The van der Waals surface area contributed by atoms with Gasteiger partial charge in [0.1, 0.15) is 0 Å². The number of piperidine rings is 1. The van der Waals surface area contributed by atoms with Gasteiger partial charge in [0.05, 0.1) is 12.5 Å². The van der Waals surface area contributed by atoms with E-state index in [1.54, 1.807) is 0 Å². The highest BCUT2D eigenvalue weighted by Gasteiger charge is 2.36. The van der Waals surface area contributed by atoms with Gasteiger partial charge in [0.25, 0.3) is 0 Å². The molecule has 4 heteroatoms. The van der Waals surface area contributed by atoms with Crippen LogP contribution < -0.4 is 5.32 Å². The molecule has 4 nitrogen and oxygen atoms in total. The summed E-state index contributed by atoms with van der Waals surface area (Å²) in [5.41, 5.74) is 0. The van der Waals surface area contributed by atoms with Crippen LogP contribution in [0.1, 0.15) is 44.9 Å². The summed E-state index contributed by atoms with van der Waals surface area (Å²) < 4.78 is 5.61. The Morgan fingerprint density at radius 2 is 2.00 bits per heavy atom. The lowest BCUT2D eigenvalue weighted by atomic mass is 9.88. The van der Waals surface area contributed by atoms with E-state index in [4.69, 9.17) is 4.74 Å². The van der Waals surface area contributed by atoms with E-state index in [0.29, 0.717) is 18.4 Å². The number of nitrogens with zero attached hydrogens (tertiary/aromatic N) is 1. The first-order valence-corrected chi connectivity index (χ1v) is 7.96. The van der Waals surface area contributed by atoms with E-state index in [-0.39, 0.29) is 6.10 Å². The molecule has 0 aliphatic carbocycles. The standard InChI is InChI=1S/C15H26N2O2/c18-15(11-13-3-2-10-19-13)17-9-1-4-14(17)12-5-7-16-8-6-12/h12-14,16H,1-11H2. The molecule has 0 spiro atoms. The summed E-state index contributed by atoms with van der Waals surface area (Å²) in [6.45, 7) is 4.06. The minimum absolute atomic E-state index is 0.196. The molecule has 1 amide bonds. The van der Waals surface area contributed by atoms with E-state index in [1.807, 2.05) is 0 Å². The van der Waals surface area contributed by atoms with Gasteiger partial charge in [-0.3, -0.25) is 4.79 Å². The van der Waals surface area contributed by atoms with Crippen LogP contribution in [-0.4, -0.2) is 49.2 Å². The van der Waals surface area contributed by atoms with Crippen molar-refractivity contribution in [1.82, 2.24) is 10.2 Å². The van der Waals surface area contributed by atoms with E-state index in [9.17, 15) is 4.79 Å². The van der Waals surface area contributed by atoms with Crippen LogP contribution in [0, 0.1) is 5.92 Å². The molecule has 0 aromatic heterocycles. The fourth-order valence-electron chi connectivity index (χ4n) is 3.94. The van der Waals surface area contributed by atoms with Gasteiger partial charge in [0.15, 0.2) is 0 Å². The molecule has 0 saturated carbocycles. The average Bonchev–Trinajstić information content (AvgIpc) is 3.10. The summed E-state index contributed by atoms with van der Waals surface area (Å²) in [6, 6.07) is 0.510. The van der Waals surface area contributed by atoms with Crippen molar-refractivity contribution in [3.05, 3.63) is 0 Å². The minimum atomic E-state index is 0.196. The van der Waals surface area contributed by atoms with Crippen LogP contribution in [0.3, 0.4) is 0 Å². The summed E-state index contributed by atoms with van der Waals surface area (Å²) >= 11 is 0. The SMILES string of the molecule is O=C(CC1CCCO1)N1CCCC1C1CCNCC1. The predicted octanol–water partition coefficient (Wildman–Crippen LogP) is 1.55. The maximum absolute atomic E-state index is 12.5. The molecule has 2 unspecified atom stereocenters. The number of amides is 1. The molecule has 2 atom stereocenters. The molecule has 0 aromatic carbocycles. The molecule has 1 N–H and O–H groups in total. The molecular weight excluding hydrogens is 240 g/mol. The third-order valence-electron chi connectivity index (χ3n) is 4.97. The van der Waals surface area contributed by atoms with Crippen LogP contribution in [-0.2, 0) is 9.53 Å². The molecule has 0 aromatic rings. The second-order valence-electron chi connectivity index (χ2n) is 6.22. The molecule has 3 saturated heterocycles. The molecule has 3 rings (SSSR count). The zero-order valence-corrected chi connectivity index (χ0v) is 11.8. The third-order valence-corrected chi connectivity index (χ3v) is 4.97. The Hall–Kier alpha value is -0.610. The molecular formula is C15H26N2O2. The van der Waals surface area contributed by atoms with Gasteiger partial charge in [0.2, 0.25) is 5.91 Å². The summed E-state index contributed by atoms with van der Waals surface area (Å²) in [5, 5.41) is 3.42. The van der Waals surface area contributed by atoms with Crippen molar-refractivity contribution in [2.75, 3.05) is 26.2 Å². The van der Waals surface area contributed by atoms with Gasteiger partial charge in [0, 0.05) is 19.2 Å². The Morgan fingerprint density at radius 1 is 1.16 bits per heavy atom. The summed E-state index contributed by atoms with van der Waals surface area (Å²) in [7, 11) is 0. The molecule has 3 fully saturated rings. The molecule has 3 aliphatic rings. The van der Waals surface area contributed by atoms with Crippen molar-refractivity contribution in [2.45, 2.75) is 57.1 Å². The number of carbonyl (C=O) groups is 1. The second-order valence-corrected chi connectivity index (χ2v) is 6.22. The second kappa shape index (κ2) is 6.23. The molecule has 0 bridgehead atoms. The minimum Gasteiger partial charge on any atom is -0.378 e. The molecule has 108 valence electrons. The van der Waals surface area contributed by atoms with Crippen LogP contribution in [0.5, 0.6) is 0 Å². The number of nitrogens with one attached hydrogen (secondary N) is 1. The number of likely N-dealkylation sites (tertiary alicyclic amines) is 1. The number of rotatable bonds is 3. The zero-order valence-electron chi connectivity index (χ0n) is 11.8. The first-order valence-electron chi connectivity index (χ1n) is 7.96. The predicted molar refractivity (Wildman–Crippen MR) is 73.9 cm³/mol.